The van der Waals surface area contributed by atoms with Crippen LogP contribution in [0.5, 0.6) is 23.4 Å². The van der Waals surface area contributed by atoms with Crippen LogP contribution in [0, 0.1) is 0 Å². The Labute approximate surface area is 221 Å². The lowest BCUT2D eigenvalue weighted by Crippen LogP contribution is -2.29. The Bertz CT molecular complexity index is 1530. The molecule has 0 spiro atoms. The average Bonchev–Trinajstić information content (AvgIpc) is 3.67. The topological polar surface area (TPSA) is 101 Å². The van der Waals surface area contributed by atoms with Gasteiger partial charge in [-0.1, -0.05) is 11.6 Å². The van der Waals surface area contributed by atoms with Crippen molar-refractivity contribution in [3.63, 3.8) is 0 Å². The van der Waals surface area contributed by atoms with Crippen molar-refractivity contribution < 1.29 is 23.7 Å². The smallest absolute Gasteiger partial charge is 0.319 e. The van der Waals surface area contributed by atoms with E-state index in [2.05, 4.69) is 9.97 Å². The number of fused-ring (bicyclic) bond motifs is 2. The van der Waals surface area contributed by atoms with Crippen LogP contribution in [0.1, 0.15) is 47.0 Å². The maximum Gasteiger partial charge on any atom is 0.319 e. The number of methoxy groups -OCH3 is 2. The Morgan fingerprint density at radius 1 is 1.11 bits per heavy atom. The van der Waals surface area contributed by atoms with E-state index in [0.717, 1.165) is 10.6 Å². The van der Waals surface area contributed by atoms with Gasteiger partial charge in [0.25, 0.3) is 5.91 Å². The van der Waals surface area contributed by atoms with E-state index in [4.69, 9.17) is 35.5 Å². The highest BCUT2D eigenvalue weighted by molar-refractivity contribution is 7.16. The van der Waals surface area contributed by atoms with Crippen molar-refractivity contribution in [2.24, 2.45) is 0 Å². The van der Waals surface area contributed by atoms with Crippen molar-refractivity contribution in [3.8, 4) is 34.8 Å². The van der Waals surface area contributed by atoms with Crippen LogP contribution in [0.3, 0.4) is 0 Å². The third-order valence-corrected chi connectivity index (χ3v) is 7.53. The van der Waals surface area contributed by atoms with Gasteiger partial charge < -0.3 is 23.5 Å². The van der Waals surface area contributed by atoms with E-state index in [1.807, 2.05) is 42.7 Å². The van der Waals surface area contributed by atoms with Crippen LogP contribution in [0.25, 0.3) is 11.4 Å². The standard InChI is InChI=1S/C25H22ClN5O5S/c1-12(2)30-21-19(28-22(30)14-10-27-25(34-4)29-23(14)33-3)24(32)31(20(21)17-7-8-18(26)37-17)13-5-6-15-16(9-13)36-11-35-15/h5-10,12,20H,11H2,1-4H3. The predicted octanol–water partition coefficient (Wildman–Crippen LogP) is 5.13. The molecule has 0 radical (unpaired) electrons. The van der Waals surface area contributed by atoms with Crippen molar-refractivity contribution in [3.05, 3.63) is 57.1 Å². The van der Waals surface area contributed by atoms with Crippen LogP contribution in [-0.4, -0.2) is 46.4 Å². The highest BCUT2D eigenvalue weighted by atomic mass is 35.5. The molecule has 0 N–H and O–H groups in total. The molecule has 37 heavy (non-hydrogen) atoms. The lowest BCUT2D eigenvalue weighted by atomic mass is 10.1. The summed E-state index contributed by atoms with van der Waals surface area (Å²) in [5, 5.41) is 0. The first-order chi connectivity index (χ1) is 17.9. The van der Waals surface area contributed by atoms with Crippen molar-refractivity contribution in [1.29, 1.82) is 0 Å². The Morgan fingerprint density at radius 2 is 1.92 bits per heavy atom. The van der Waals surface area contributed by atoms with Gasteiger partial charge in [-0.2, -0.15) is 4.98 Å². The Balaban J connectivity index is 1.57. The molecule has 1 unspecified atom stereocenters. The molecule has 2 aliphatic rings. The summed E-state index contributed by atoms with van der Waals surface area (Å²) >= 11 is 7.78. The van der Waals surface area contributed by atoms with E-state index in [1.54, 1.807) is 17.2 Å². The van der Waals surface area contributed by atoms with Gasteiger partial charge in [-0.25, -0.2) is 9.97 Å². The number of hydrogen-bond donors (Lipinski definition) is 0. The van der Waals surface area contributed by atoms with E-state index in [0.29, 0.717) is 44.5 Å². The summed E-state index contributed by atoms with van der Waals surface area (Å²) in [4.78, 5) is 30.1. The second kappa shape index (κ2) is 8.93. The molecule has 0 aliphatic carbocycles. The largest absolute Gasteiger partial charge is 0.480 e. The van der Waals surface area contributed by atoms with E-state index >= 15 is 0 Å². The number of nitrogens with zero attached hydrogens (tertiary/aromatic N) is 5. The average molecular weight is 540 g/mol. The first kappa shape index (κ1) is 23.6. The van der Waals surface area contributed by atoms with Crippen LogP contribution in [0.15, 0.2) is 36.5 Å². The van der Waals surface area contributed by atoms with Crippen LogP contribution in [0.2, 0.25) is 4.34 Å². The molecule has 0 fully saturated rings. The quantitative estimate of drug-likeness (QED) is 0.332. The van der Waals surface area contributed by atoms with Gasteiger partial charge in [0.1, 0.15) is 11.9 Å². The van der Waals surface area contributed by atoms with E-state index in [9.17, 15) is 4.79 Å². The second-order valence-corrected chi connectivity index (χ2v) is 10.4. The maximum absolute atomic E-state index is 14.0. The third kappa shape index (κ3) is 3.68. The van der Waals surface area contributed by atoms with Crippen LogP contribution in [-0.2, 0) is 0 Å². The molecule has 12 heteroatoms. The number of thiophene rings is 1. The number of carbonyl (C=O) groups excluding carboxylic acids is 1. The summed E-state index contributed by atoms with van der Waals surface area (Å²) in [6.45, 7) is 4.22. The monoisotopic (exact) mass is 539 g/mol. The van der Waals surface area contributed by atoms with Crippen LogP contribution in [0.4, 0.5) is 5.69 Å². The molecule has 0 saturated heterocycles. The highest BCUT2D eigenvalue weighted by Crippen LogP contribution is 2.48. The highest BCUT2D eigenvalue weighted by Gasteiger charge is 2.46. The molecule has 0 saturated carbocycles. The third-order valence-electron chi connectivity index (χ3n) is 6.25. The second-order valence-electron chi connectivity index (χ2n) is 8.67. The number of hydrogen-bond acceptors (Lipinski definition) is 9. The van der Waals surface area contributed by atoms with Crippen molar-refractivity contribution in [2.75, 3.05) is 25.9 Å². The minimum absolute atomic E-state index is 0.0551. The molecule has 5 heterocycles. The van der Waals surface area contributed by atoms with Gasteiger partial charge in [-0.15, -0.1) is 11.3 Å². The van der Waals surface area contributed by atoms with Crippen LogP contribution >= 0.6 is 22.9 Å². The van der Waals surface area contributed by atoms with E-state index < -0.39 is 6.04 Å². The van der Waals surface area contributed by atoms with Gasteiger partial charge in [-0.3, -0.25) is 9.69 Å². The Morgan fingerprint density at radius 3 is 2.62 bits per heavy atom. The minimum atomic E-state index is -0.464. The fourth-order valence-electron chi connectivity index (χ4n) is 4.73. The molecular formula is C25H22ClN5O5S. The van der Waals surface area contributed by atoms with Crippen molar-refractivity contribution in [1.82, 2.24) is 19.5 Å². The van der Waals surface area contributed by atoms with Gasteiger partial charge in [0.15, 0.2) is 17.2 Å². The fourth-order valence-corrected chi connectivity index (χ4v) is 5.88. The number of imidazole rings is 1. The molecule has 10 nitrogen and oxygen atoms in total. The van der Waals surface area contributed by atoms with Gasteiger partial charge in [0.05, 0.1) is 29.8 Å². The minimum Gasteiger partial charge on any atom is -0.480 e. The van der Waals surface area contributed by atoms with Gasteiger partial charge >= 0.3 is 6.01 Å². The van der Waals surface area contributed by atoms with E-state index in [-0.39, 0.29) is 24.8 Å². The molecule has 1 aromatic carbocycles. The lowest BCUT2D eigenvalue weighted by Gasteiger charge is -2.27. The van der Waals surface area contributed by atoms with Crippen molar-refractivity contribution in [2.45, 2.75) is 25.9 Å². The first-order valence-corrected chi connectivity index (χ1v) is 12.7. The number of carbonyl (C=O) groups is 1. The SMILES string of the molecule is COc1ncc(-c2nc3c(n2C(C)C)C(c2ccc(Cl)s2)N(c2ccc4c(c2)OCO4)C3=O)c(OC)n1. The summed E-state index contributed by atoms with van der Waals surface area (Å²) in [5.41, 5.74) is 2.32. The van der Waals surface area contributed by atoms with Gasteiger partial charge in [0, 0.05) is 28.9 Å². The van der Waals surface area contributed by atoms with Crippen LogP contribution < -0.4 is 23.8 Å². The van der Waals surface area contributed by atoms with E-state index in [1.165, 1.54) is 25.6 Å². The maximum atomic E-state index is 14.0. The molecule has 1 amide bonds. The fraction of sp³-hybridized carbons (Fsp3) is 0.280. The molecular weight excluding hydrogens is 518 g/mol. The molecule has 6 rings (SSSR count). The van der Waals surface area contributed by atoms with Gasteiger partial charge in [-0.05, 0) is 38.1 Å². The molecule has 3 aromatic heterocycles. The number of rotatable bonds is 6. The predicted molar refractivity (Wildman–Crippen MR) is 137 cm³/mol. The summed E-state index contributed by atoms with van der Waals surface area (Å²) in [7, 11) is 3.00. The molecule has 190 valence electrons. The molecule has 1 atom stereocenters. The Kier molecular flexibility index (Phi) is 5.68. The zero-order chi connectivity index (χ0) is 25.8. The van der Waals surface area contributed by atoms with Crippen molar-refractivity contribution >= 4 is 34.5 Å². The molecule has 2 aliphatic heterocycles. The Hall–Kier alpha value is -3.83. The first-order valence-electron chi connectivity index (χ1n) is 11.5. The number of ether oxygens (including phenoxy) is 4. The zero-order valence-electron chi connectivity index (χ0n) is 20.4. The number of aromatic nitrogens is 4. The summed E-state index contributed by atoms with van der Waals surface area (Å²) in [5.74, 6) is 1.82. The molecule has 4 aromatic rings. The number of benzene rings is 1. The lowest BCUT2D eigenvalue weighted by molar-refractivity contribution is 0.0989. The number of halogens is 1. The normalized spacial score (nSPS) is 16.0. The summed E-state index contributed by atoms with van der Waals surface area (Å²) in [6, 6.07) is 8.90. The number of anilines is 1. The summed E-state index contributed by atoms with van der Waals surface area (Å²) in [6.07, 6.45) is 1.60. The number of amides is 1. The van der Waals surface area contributed by atoms with Gasteiger partial charge in [0.2, 0.25) is 12.7 Å². The zero-order valence-corrected chi connectivity index (χ0v) is 22.0. The summed E-state index contributed by atoms with van der Waals surface area (Å²) < 4.78 is 24.4. The molecule has 0 bridgehead atoms.